The third-order valence-corrected chi connectivity index (χ3v) is 7.17. The Morgan fingerprint density at radius 3 is 2.76 bits per heavy atom. The number of H-pyrrole nitrogens is 1. The molecule has 1 aliphatic carbocycles. The van der Waals surface area contributed by atoms with Crippen LogP contribution in [0.15, 0.2) is 17.3 Å². The number of nitrogens with zero attached hydrogens (tertiary/aromatic N) is 3. The number of aromatic amines is 1. The number of hydrogen-bond donors (Lipinski definition) is 2. The first-order chi connectivity index (χ1) is 11.8. The molecule has 2 fully saturated rings. The van der Waals surface area contributed by atoms with E-state index in [0.717, 1.165) is 15.7 Å². The van der Waals surface area contributed by atoms with Crippen LogP contribution in [0.5, 0.6) is 0 Å². The van der Waals surface area contributed by atoms with Gasteiger partial charge >= 0.3 is 0 Å². The van der Waals surface area contributed by atoms with Gasteiger partial charge in [0.15, 0.2) is 0 Å². The van der Waals surface area contributed by atoms with E-state index in [-0.39, 0.29) is 23.9 Å². The number of hydrogen-bond acceptors (Lipinski definition) is 5. The van der Waals surface area contributed by atoms with Crippen LogP contribution >= 0.6 is 0 Å². The molecule has 2 aliphatic heterocycles. The summed E-state index contributed by atoms with van der Waals surface area (Å²) >= 11 is 0. The van der Waals surface area contributed by atoms with Gasteiger partial charge in [-0.3, -0.25) is 5.32 Å². The Bertz CT molecular complexity index is 780. The monoisotopic (exact) mass is 373 g/mol. The Labute approximate surface area is 145 Å². The quantitative estimate of drug-likeness (QED) is 0.815. The van der Waals surface area contributed by atoms with Crippen molar-refractivity contribution in [2.75, 3.05) is 25.9 Å². The lowest BCUT2D eigenvalue weighted by molar-refractivity contribution is -0.0947. The largest absolute Gasteiger partial charge is 0.346 e. The minimum Gasteiger partial charge on any atom is -0.346 e. The molecule has 1 atom stereocenters. The molecule has 0 aromatic carbocycles. The van der Waals surface area contributed by atoms with Crippen LogP contribution in [0, 0.1) is 5.92 Å². The normalized spacial score (nSPS) is 31.3. The second-order valence-electron chi connectivity index (χ2n) is 7.06. The van der Waals surface area contributed by atoms with Gasteiger partial charge in [0, 0.05) is 17.8 Å². The van der Waals surface area contributed by atoms with Gasteiger partial charge < -0.3 is 9.88 Å². The van der Waals surface area contributed by atoms with Crippen molar-refractivity contribution >= 4 is 22.2 Å². The highest BCUT2D eigenvalue weighted by Gasteiger charge is 2.50. The van der Waals surface area contributed by atoms with Gasteiger partial charge in [-0.2, -0.15) is 4.31 Å². The maximum atomic E-state index is 12.9. The Morgan fingerprint density at radius 2 is 2.12 bits per heavy atom. The van der Waals surface area contributed by atoms with E-state index in [9.17, 15) is 17.2 Å². The van der Waals surface area contributed by atoms with Gasteiger partial charge in [0.1, 0.15) is 12.0 Å². The molecule has 1 aromatic rings. The zero-order valence-corrected chi connectivity index (χ0v) is 14.6. The molecule has 1 saturated heterocycles. The van der Waals surface area contributed by atoms with Crippen molar-refractivity contribution in [3.8, 4) is 0 Å². The molecule has 10 heteroatoms. The molecule has 0 spiro atoms. The summed E-state index contributed by atoms with van der Waals surface area (Å²) in [5, 5.41) is 3.26. The first kappa shape index (κ1) is 16.9. The highest BCUT2D eigenvalue weighted by Crippen LogP contribution is 2.40. The van der Waals surface area contributed by atoms with Crippen molar-refractivity contribution in [2.24, 2.45) is 10.9 Å². The zero-order valence-electron chi connectivity index (χ0n) is 13.8. The van der Waals surface area contributed by atoms with E-state index in [0.29, 0.717) is 12.8 Å². The molecule has 1 aromatic heterocycles. The number of sulfonamides is 1. The standard InChI is InChI=1S/C15H21F2N5O2S/c1-18-14-12-2-3-19-13(12)20-9-22(14)11-4-10(5-11)6-25(23,24)21-7-15(16,17)8-21/h2-3,9-11,14,18-19H,4-8H2,1H3. The molecule has 1 unspecified atom stereocenters. The lowest BCUT2D eigenvalue weighted by Crippen LogP contribution is -2.60. The summed E-state index contributed by atoms with van der Waals surface area (Å²) in [7, 11) is -1.71. The summed E-state index contributed by atoms with van der Waals surface area (Å²) < 4.78 is 51.0. The maximum Gasteiger partial charge on any atom is 0.275 e. The first-order valence-electron chi connectivity index (χ1n) is 8.31. The molecule has 4 rings (SSSR count). The summed E-state index contributed by atoms with van der Waals surface area (Å²) in [6.45, 7) is -1.36. The van der Waals surface area contributed by atoms with Crippen LogP contribution in [0.1, 0.15) is 24.6 Å². The third kappa shape index (κ3) is 2.96. The summed E-state index contributed by atoms with van der Waals surface area (Å²) in [4.78, 5) is 9.58. The topological polar surface area (TPSA) is 80.8 Å². The SMILES string of the molecule is CNC1c2cc[nH]c2N=CN1C1CC(CS(=O)(=O)N2CC(F)(F)C2)C1. The number of halogens is 2. The number of nitrogens with one attached hydrogen (secondary N) is 2. The molecular weight excluding hydrogens is 352 g/mol. The number of aliphatic imine (C=N–C) groups is 1. The fourth-order valence-electron chi connectivity index (χ4n) is 3.82. The summed E-state index contributed by atoms with van der Waals surface area (Å²) in [5.74, 6) is -2.09. The predicted octanol–water partition coefficient (Wildman–Crippen LogP) is 1.27. The van der Waals surface area contributed by atoms with Crippen LogP contribution in [0.4, 0.5) is 14.6 Å². The van der Waals surface area contributed by atoms with Crippen molar-refractivity contribution in [2.45, 2.75) is 31.0 Å². The van der Waals surface area contributed by atoms with Gasteiger partial charge in [0.2, 0.25) is 10.0 Å². The number of fused-ring (bicyclic) bond motifs is 1. The number of rotatable bonds is 5. The molecule has 3 heterocycles. The van der Waals surface area contributed by atoms with Crippen molar-refractivity contribution in [3.63, 3.8) is 0 Å². The first-order valence-corrected chi connectivity index (χ1v) is 9.92. The van der Waals surface area contributed by atoms with Crippen molar-refractivity contribution in [1.82, 2.24) is 19.5 Å². The Kier molecular flexibility index (Phi) is 3.89. The lowest BCUT2D eigenvalue weighted by atomic mass is 9.80. The van der Waals surface area contributed by atoms with Crippen LogP contribution in [0.25, 0.3) is 0 Å². The van der Waals surface area contributed by atoms with Crippen molar-refractivity contribution < 1.29 is 17.2 Å². The molecule has 25 heavy (non-hydrogen) atoms. The average Bonchev–Trinajstić information content (AvgIpc) is 2.95. The summed E-state index contributed by atoms with van der Waals surface area (Å²) in [6.07, 6.45) is 5.05. The third-order valence-electron chi connectivity index (χ3n) is 5.23. The summed E-state index contributed by atoms with van der Waals surface area (Å²) in [5.41, 5.74) is 1.06. The van der Waals surface area contributed by atoms with Gasteiger partial charge in [0.25, 0.3) is 5.92 Å². The Hall–Kier alpha value is -1.52. The fraction of sp³-hybridized carbons (Fsp3) is 0.667. The molecule has 0 bridgehead atoms. The van der Waals surface area contributed by atoms with Gasteiger partial charge in [-0.15, -0.1) is 0 Å². The molecule has 7 nitrogen and oxygen atoms in total. The fourth-order valence-corrected chi connectivity index (χ4v) is 5.67. The average molecular weight is 373 g/mol. The van der Waals surface area contributed by atoms with Crippen LogP contribution < -0.4 is 5.32 Å². The highest BCUT2D eigenvalue weighted by atomic mass is 32.2. The van der Waals surface area contributed by atoms with E-state index in [2.05, 4.69) is 20.2 Å². The van der Waals surface area contributed by atoms with Crippen molar-refractivity contribution in [1.29, 1.82) is 0 Å². The number of alkyl halides is 2. The van der Waals surface area contributed by atoms with Crippen LogP contribution in [-0.4, -0.2) is 66.8 Å². The van der Waals surface area contributed by atoms with E-state index in [4.69, 9.17) is 0 Å². The lowest BCUT2D eigenvalue weighted by Gasteiger charge is -2.47. The van der Waals surface area contributed by atoms with E-state index < -0.39 is 29.0 Å². The molecule has 0 radical (unpaired) electrons. The second-order valence-corrected chi connectivity index (χ2v) is 9.07. The minimum atomic E-state index is -3.59. The smallest absolute Gasteiger partial charge is 0.275 e. The van der Waals surface area contributed by atoms with Crippen LogP contribution in [-0.2, 0) is 10.0 Å². The predicted molar refractivity (Wildman–Crippen MR) is 89.4 cm³/mol. The molecule has 1 saturated carbocycles. The molecule has 138 valence electrons. The molecular formula is C15H21F2N5O2S. The maximum absolute atomic E-state index is 12.9. The van der Waals surface area contributed by atoms with Crippen LogP contribution in [0.2, 0.25) is 0 Å². The van der Waals surface area contributed by atoms with Gasteiger partial charge in [-0.25, -0.2) is 22.2 Å². The second kappa shape index (κ2) is 5.75. The summed E-state index contributed by atoms with van der Waals surface area (Å²) in [6, 6.07) is 2.17. The van der Waals surface area contributed by atoms with Crippen LogP contribution in [0.3, 0.4) is 0 Å². The highest BCUT2D eigenvalue weighted by molar-refractivity contribution is 7.89. The van der Waals surface area contributed by atoms with Gasteiger partial charge in [-0.05, 0) is 31.9 Å². The minimum absolute atomic E-state index is 0.00255. The van der Waals surface area contributed by atoms with E-state index in [1.54, 1.807) is 6.34 Å². The number of aromatic nitrogens is 1. The van der Waals surface area contributed by atoms with E-state index >= 15 is 0 Å². The Balaban J connectivity index is 1.35. The van der Waals surface area contributed by atoms with E-state index in [1.165, 1.54) is 0 Å². The molecule has 2 N–H and O–H groups in total. The molecule has 3 aliphatic rings. The Morgan fingerprint density at radius 1 is 1.40 bits per heavy atom. The zero-order chi connectivity index (χ0) is 17.8. The van der Waals surface area contributed by atoms with Gasteiger partial charge in [-0.1, -0.05) is 0 Å². The van der Waals surface area contributed by atoms with Crippen molar-refractivity contribution in [3.05, 3.63) is 17.8 Å². The molecule has 0 amide bonds. The van der Waals surface area contributed by atoms with E-state index in [1.807, 2.05) is 19.3 Å². The van der Waals surface area contributed by atoms with Gasteiger partial charge in [0.05, 0.1) is 25.2 Å².